The Kier molecular flexibility index (Phi) is 4.06. The van der Waals surface area contributed by atoms with Crippen LogP contribution in [0.15, 0.2) is 0 Å². The average molecular weight is 188 g/mol. The third kappa shape index (κ3) is 3.66. The van der Waals surface area contributed by atoms with Crippen LogP contribution in [-0.2, 0) is 14.4 Å². The first-order valence-corrected chi connectivity index (χ1v) is 3.63. The summed E-state index contributed by atoms with van der Waals surface area (Å²) in [5.41, 5.74) is 10.0. The molecule has 6 nitrogen and oxygen atoms in total. The van der Waals surface area contributed by atoms with Crippen molar-refractivity contribution in [2.45, 2.75) is 19.4 Å². The van der Waals surface area contributed by atoms with Crippen LogP contribution in [0.2, 0.25) is 0 Å². The van der Waals surface area contributed by atoms with E-state index in [9.17, 15) is 14.4 Å². The molecule has 0 aromatic carbocycles. The maximum Gasteiger partial charge on any atom is 0.321 e. The highest BCUT2D eigenvalue weighted by atomic mass is 16.4. The summed E-state index contributed by atoms with van der Waals surface area (Å²) in [6, 6.07) is -1.37. The second-order valence-electron chi connectivity index (χ2n) is 2.75. The number of carboxylic acids is 1. The minimum atomic E-state index is -1.37. The minimum absolute atomic E-state index is 0.331. The second-order valence-corrected chi connectivity index (χ2v) is 2.75. The van der Waals surface area contributed by atoms with Gasteiger partial charge in [0, 0.05) is 6.42 Å². The van der Waals surface area contributed by atoms with E-state index in [1.54, 1.807) is 0 Å². The predicted molar refractivity (Wildman–Crippen MR) is 43.6 cm³/mol. The second kappa shape index (κ2) is 4.56. The molecule has 0 aliphatic heterocycles. The van der Waals surface area contributed by atoms with Crippen molar-refractivity contribution in [2.75, 3.05) is 0 Å². The summed E-state index contributed by atoms with van der Waals surface area (Å²) in [7, 11) is 0. The molecule has 6 heteroatoms. The van der Waals surface area contributed by atoms with Gasteiger partial charge in [0.2, 0.25) is 5.91 Å². The zero-order valence-corrected chi connectivity index (χ0v) is 7.19. The topological polar surface area (TPSA) is 123 Å². The van der Waals surface area contributed by atoms with Gasteiger partial charge < -0.3 is 16.6 Å². The first-order valence-electron chi connectivity index (χ1n) is 3.63. The first-order chi connectivity index (χ1) is 5.86. The number of carbonyl (C=O) groups excluding carboxylic acids is 2. The van der Waals surface area contributed by atoms with Gasteiger partial charge in [-0.15, -0.1) is 0 Å². The van der Waals surface area contributed by atoms with E-state index in [4.69, 9.17) is 16.6 Å². The quantitative estimate of drug-likeness (QED) is 0.483. The molecule has 0 saturated heterocycles. The monoisotopic (exact) mass is 188 g/mol. The van der Waals surface area contributed by atoms with E-state index in [2.05, 4.69) is 0 Å². The third-order valence-electron chi connectivity index (χ3n) is 1.66. The highest BCUT2D eigenvalue weighted by molar-refractivity contribution is 5.90. The Labute approximate surface area is 74.9 Å². The molecule has 1 unspecified atom stereocenters. The van der Waals surface area contributed by atoms with Crippen LogP contribution < -0.4 is 11.5 Å². The van der Waals surface area contributed by atoms with Crippen LogP contribution >= 0.6 is 0 Å². The lowest BCUT2D eigenvalue weighted by Crippen LogP contribution is -2.43. The van der Waals surface area contributed by atoms with Gasteiger partial charge in [-0.25, -0.2) is 0 Å². The summed E-state index contributed by atoms with van der Waals surface area (Å²) in [5.74, 6) is -3.54. The van der Waals surface area contributed by atoms with Crippen molar-refractivity contribution >= 4 is 17.7 Å². The molecule has 0 bridgehead atoms. The Morgan fingerprint density at radius 1 is 1.38 bits per heavy atom. The van der Waals surface area contributed by atoms with Gasteiger partial charge in [-0.3, -0.25) is 14.4 Å². The lowest BCUT2D eigenvalue weighted by atomic mass is 9.93. The van der Waals surface area contributed by atoms with Gasteiger partial charge in [0.05, 0.1) is 5.92 Å². The molecule has 0 fully saturated rings. The molecule has 5 N–H and O–H groups in total. The highest BCUT2D eigenvalue weighted by Gasteiger charge is 2.29. The van der Waals surface area contributed by atoms with Crippen LogP contribution in [0, 0.1) is 5.92 Å². The standard InChI is InChI=1S/C7H12N2O4/c1-3(10)4(2-5(8)11)6(9)7(12)13/h4,6H,2,9H2,1H3,(H2,8,11)(H,12,13)/t4?,6-/m0/s1. The molecule has 0 aromatic rings. The third-order valence-corrected chi connectivity index (χ3v) is 1.66. The molecule has 0 heterocycles. The van der Waals surface area contributed by atoms with Crippen molar-refractivity contribution in [1.29, 1.82) is 0 Å². The van der Waals surface area contributed by atoms with Crippen molar-refractivity contribution in [3.05, 3.63) is 0 Å². The van der Waals surface area contributed by atoms with Gasteiger partial charge in [-0.2, -0.15) is 0 Å². The Hall–Kier alpha value is -1.43. The number of primary amides is 1. The Balaban J connectivity index is 4.51. The number of nitrogens with two attached hydrogens (primary N) is 2. The largest absolute Gasteiger partial charge is 0.480 e. The zero-order valence-electron chi connectivity index (χ0n) is 7.19. The summed E-state index contributed by atoms with van der Waals surface area (Å²) >= 11 is 0. The molecule has 0 spiro atoms. The van der Waals surface area contributed by atoms with Crippen molar-refractivity contribution in [3.8, 4) is 0 Å². The predicted octanol–water partition coefficient (Wildman–Crippen LogP) is -1.52. The van der Waals surface area contributed by atoms with Crippen LogP contribution in [0.4, 0.5) is 0 Å². The molecule has 13 heavy (non-hydrogen) atoms. The smallest absolute Gasteiger partial charge is 0.321 e. The molecular weight excluding hydrogens is 176 g/mol. The normalized spacial score (nSPS) is 14.6. The van der Waals surface area contributed by atoms with E-state index in [0.29, 0.717) is 0 Å². The first kappa shape index (κ1) is 11.6. The molecule has 0 saturated carbocycles. The van der Waals surface area contributed by atoms with Gasteiger partial charge in [-0.1, -0.05) is 0 Å². The molecule has 0 radical (unpaired) electrons. The van der Waals surface area contributed by atoms with Gasteiger partial charge in [0.1, 0.15) is 11.8 Å². The molecule has 2 atom stereocenters. The van der Waals surface area contributed by atoms with Crippen LogP contribution in [0.5, 0.6) is 0 Å². The number of ketones is 1. The van der Waals surface area contributed by atoms with E-state index in [0.717, 1.165) is 0 Å². The van der Waals surface area contributed by atoms with Gasteiger partial charge in [-0.05, 0) is 6.92 Å². The fourth-order valence-corrected chi connectivity index (χ4v) is 0.912. The van der Waals surface area contributed by atoms with Crippen molar-refractivity contribution < 1.29 is 19.5 Å². The molecule has 1 amide bonds. The summed E-state index contributed by atoms with van der Waals surface area (Å²) < 4.78 is 0. The number of carbonyl (C=O) groups is 3. The van der Waals surface area contributed by atoms with Crippen LogP contribution in [0.3, 0.4) is 0 Å². The van der Waals surface area contributed by atoms with Crippen molar-refractivity contribution in [1.82, 2.24) is 0 Å². The van der Waals surface area contributed by atoms with Gasteiger partial charge in [0.25, 0.3) is 0 Å². The molecule has 0 aliphatic rings. The highest BCUT2D eigenvalue weighted by Crippen LogP contribution is 2.08. The van der Waals surface area contributed by atoms with Crippen molar-refractivity contribution in [2.24, 2.45) is 17.4 Å². The zero-order chi connectivity index (χ0) is 10.6. The summed E-state index contributed by atoms with van der Waals surface area (Å²) in [6.07, 6.45) is -0.331. The van der Waals surface area contributed by atoms with Gasteiger partial charge in [0.15, 0.2) is 0 Å². The van der Waals surface area contributed by atoms with Gasteiger partial charge >= 0.3 is 5.97 Å². The number of amides is 1. The Morgan fingerprint density at radius 3 is 2.08 bits per heavy atom. The summed E-state index contributed by atoms with van der Waals surface area (Å²) in [5, 5.41) is 8.48. The number of aliphatic carboxylic acids is 1. The van der Waals surface area contributed by atoms with E-state index < -0.39 is 29.6 Å². The van der Waals surface area contributed by atoms with Crippen LogP contribution in [0.25, 0.3) is 0 Å². The van der Waals surface area contributed by atoms with E-state index in [-0.39, 0.29) is 6.42 Å². The Morgan fingerprint density at radius 2 is 1.85 bits per heavy atom. The van der Waals surface area contributed by atoms with E-state index in [1.807, 2.05) is 0 Å². The van der Waals surface area contributed by atoms with E-state index in [1.165, 1.54) is 6.92 Å². The molecule has 0 aromatic heterocycles. The number of Topliss-reactive ketones (excluding diaryl/α,β-unsaturated/α-hetero) is 1. The number of rotatable bonds is 5. The average Bonchev–Trinajstić information content (AvgIpc) is 1.97. The molecule has 0 aliphatic carbocycles. The van der Waals surface area contributed by atoms with E-state index >= 15 is 0 Å². The maximum atomic E-state index is 10.9. The fourth-order valence-electron chi connectivity index (χ4n) is 0.912. The number of hydrogen-bond donors (Lipinski definition) is 3. The molecular formula is C7H12N2O4. The SMILES string of the molecule is CC(=O)C(CC(N)=O)[C@H](N)C(=O)O. The molecule has 74 valence electrons. The fraction of sp³-hybridized carbons (Fsp3) is 0.571. The minimum Gasteiger partial charge on any atom is -0.480 e. The molecule has 0 rings (SSSR count). The van der Waals surface area contributed by atoms with Crippen LogP contribution in [0.1, 0.15) is 13.3 Å². The summed E-state index contributed by atoms with van der Waals surface area (Å²) in [6.45, 7) is 1.18. The number of hydrogen-bond acceptors (Lipinski definition) is 4. The number of carboxylic acid groups (broad SMARTS) is 1. The van der Waals surface area contributed by atoms with Crippen LogP contribution in [-0.4, -0.2) is 28.8 Å². The lowest BCUT2D eigenvalue weighted by Gasteiger charge is -2.15. The Bertz CT molecular complexity index is 239. The van der Waals surface area contributed by atoms with Crippen molar-refractivity contribution in [3.63, 3.8) is 0 Å². The maximum absolute atomic E-state index is 10.9. The summed E-state index contributed by atoms with van der Waals surface area (Å²) in [4.78, 5) is 31.7. The lowest BCUT2D eigenvalue weighted by molar-refractivity contribution is -0.142.